The number of aryl methyl sites for hydroxylation is 2. The number of benzene rings is 1. The number of thioether (sulfide) groups is 1. The molecule has 0 fully saturated rings. The first kappa shape index (κ1) is 25.0. The van der Waals surface area contributed by atoms with Crippen molar-refractivity contribution >= 4 is 51.6 Å². The lowest BCUT2D eigenvalue weighted by atomic mass is 10.2. The standard InChI is InChI=1S/C21H25ClN6O3S2/c1-6-28-16(10-31-14-7-8-15(22)12(2)9-14)25-26-21(28)32-11-17(29)24-20-23-13(3)18(33-20)19(30)27(4)5/h7-9H,6,10-11H2,1-5H3,(H,23,24,29). The number of ether oxygens (including phenoxy) is 1. The Balaban J connectivity index is 1.58. The Kier molecular flexibility index (Phi) is 8.33. The molecule has 9 nitrogen and oxygen atoms in total. The number of aromatic nitrogens is 4. The normalized spacial score (nSPS) is 10.8. The van der Waals surface area contributed by atoms with Gasteiger partial charge in [-0.3, -0.25) is 9.59 Å². The summed E-state index contributed by atoms with van der Waals surface area (Å²) < 4.78 is 7.73. The first-order chi connectivity index (χ1) is 15.7. The van der Waals surface area contributed by atoms with Gasteiger partial charge in [0, 0.05) is 25.7 Å². The van der Waals surface area contributed by atoms with Crippen molar-refractivity contribution in [3.63, 3.8) is 0 Å². The first-order valence-corrected chi connectivity index (χ1v) is 12.3. The number of anilines is 1. The van der Waals surface area contributed by atoms with Gasteiger partial charge in [-0.1, -0.05) is 34.7 Å². The molecule has 2 aromatic heterocycles. The minimum atomic E-state index is -0.238. The third kappa shape index (κ3) is 6.24. The average Bonchev–Trinajstić information content (AvgIpc) is 3.34. The van der Waals surface area contributed by atoms with Crippen LogP contribution in [0.15, 0.2) is 23.4 Å². The number of hydrogen-bond acceptors (Lipinski definition) is 8. The molecule has 0 saturated carbocycles. The van der Waals surface area contributed by atoms with Crippen molar-refractivity contribution in [2.75, 3.05) is 25.2 Å². The molecule has 12 heteroatoms. The van der Waals surface area contributed by atoms with Gasteiger partial charge in [0.05, 0.1) is 11.4 Å². The van der Waals surface area contributed by atoms with E-state index in [9.17, 15) is 9.59 Å². The van der Waals surface area contributed by atoms with Crippen LogP contribution in [0.25, 0.3) is 0 Å². The molecule has 176 valence electrons. The zero-order valence-electron chi connectivity index (χ0n) is 19.0. The lowest BCUT2D eigenvalue weighted by Gasteiger charge is -2.09. The summed E-state index contributed by atoms with van der Waals surface area (Å²) in [6.07, 6.45) is 0. The van der Waals surface area contributed by atoms with E-state index in [1.54, 1.807) is 33.2 Å². The lowest BCUT2D eigenvalue weighted by Crippen LogP contribution is -2.21. The van der Waals surface area contributed by atoms with Crippen LogP contribution in [0, 0.1) is 13.8 Å². The van der Waals surface area contributed by atoms with Crippen LogP contribution < -0.4 is 10.1 Å². The molecule has 2 amide bonds. The Bertz CT molecular complexity index is 1160. The van der Waals surface area contributed by atoms with Crippen LogP contribution in [0.5, 0.6) is 5.75 Å². The quantitative estimate of drug-likeness (QED) is 0.435. The van der Waals surface area contributed by atoms with Gasteiger partial charge in [-0.15, -0.1) is 10.2 Å². The minimum absolute atomic E-state index is 0.130. The molecule has 0 unspecified atom stereocenters. The Morgan fingerprint density at radius 3 is 2.70 bits per heavy atom. The van der Waals surface area contributed by atoms with Crippen molar-refractivity contribution in [3.8, 4) is 5.75 Å². The number of nitrogens with zero attached hydrogens (tertiary/aromatic N) is 5. The highest BCUT2D eigenvalue weighted by atomic mass is 35.5. The van der Waals surface area contributed by atoms with E-state index in [1.165, 1.54) is 16.7 Å². The van der Waals surface area contributed by atoms with Gasteiger partial charge < -0.3 is 19.5 Å². The Hall–Kier alpha value is -2.63. The molecule has 3 aromatic rings. The monoisotopic (exact) mass is 508 g/mol. The molecule has 1 N–H and O–H groups in total. The molecule has 0 bridgehead atoms. The van der Waals surface area contributed by atoms with Crippen LogP contribution in [0.2, 0.25) is 5.02 Å². The molecule has 0 aliphatic carbocycles. The lowest BCUT2D eigenvalue weighted by molar-refractivity contribution is -0.113. The topological polar surface area (TPSA) is 102 Å². The first-order valence-electron chi connectivity index (χ1n) is 10.1. The number of carbonyl (C=O) groups excluding carboxylic acids is 2. The molecule has 1 aromatic carbocycles. The molecule has 3 rings (SSSR count). The van der Waals surface area contributed by atoms with E-state index in [0.717, 1.165) is 16.9 Å². The predicted molar refractivity (Wildman–Crippen MR) is 130 cm³/mol. The fourth-order valence-corrected chi connectivity index (χ4v) is 4.78. The fourth-order valence-electron chi connectivity index (χ4n) is 2.84. The van der Waals surface area contributed by atoms with E-state index in [0.29, 0.717) is 44.0 Å². The predicted octanol–water partition coefficient (Wildman–Crippen LogP) is 4.04. The molecule has 2 heterocycles. The SMILES string of the molecule is CCn1c(COc2ccc(Cl)c(C)c2)nnc1SCC(=O)Nc1nc(C)c(C(=O)N(C)C)s1. The Morgan fingerprint density at radius 2 is 2.03 bits per heavy atom. The molecular weight excluding hydrogens is 484 g/mol. The van der Waals surface area contributed by atoms with Crippen LogP contribution in [-0.2, 0) is 17.9 Å². The van der Waals surface area contributed by atoms with Crippen molar-refractivity contribution in [1.82, 2.24) is 24.6 Å². The zero-order chi connectivity index (χ0) is 24.1. The molecular formula is C21H25ClN6O3S2. The van der Waals surface area contributed by atoms with Gasteiger partial charge in [-0.2, -0.15) is 0 Å². The third-order valence-corrected chi connectivity index (χ3v) is 7.03. The summed E-state index contributed by atoms with van der Waals surface area (Å²) in [5, 5.41) is 12.9. The number of halogens is 1. The third-order valence-electron chi connectivity index (χ3n) is 4.58. The van der Waals surface area contributed by atoms with Gasteiger partial charge in [0.1, 0.15) is 17.2 Å². The van der Waals surface area contributed by atoms with Crippen molar-refractivity contribution in [3.05, 3.63) is 45.2 Å². The summed E-state index contributed by atoms with van der Waals surface area (Å²) in [4.78, 5) is 30.9. The largest absolute Gasteiger partial charge is 0.486 e. The summed E-state index contributed by atoms with van der Waals surface area (Å²) in [5.74, 6) is 1.11. The van der Waals surface area contributed by atoms with Gasteiger partial charge in [0.2, 0.25) is 5.91 Å². The fraction of sp³-hybridized carbons (Fsp3) is 0.381. The van der Waals surface area contributed by atoms with Crippen molar-refractivity contribution in [1.29, 1.82) is 0 Å². The molecule has 33 heavy (non-hydrogen) atoms. The van der Waals surface area contributed by atoms with Crippen LogP contribution in [0.4, 0.5) is 5.13 Å². The maximum absolute atomic E-state index is 12.4. The second-order valence-corrected chi connectivity index (χ2v) is 9.66. The number of carbonyl (C=O) groups is 2. The van der Waals surface area contributed by atoms with E-state index in [1.807, 2.05) is 24.5 Å². The van der Waals surface area contributed by atoms with Crippen LogP contribution in [0.3, 0.4) is 0 Å². The second-order valence-electron chi connectivity index (χ2n) is 7.31. The van der Waals surface area contributed by atoms with Gasteiger partial charge in [0.25, 0.3) is 5.91 Å². The molecule has 0 atom stereocenters. The van der Waals surface area contributed by atoms with Crippen molar-refractivity contribution in [2.24, 2.45) is 0 Å². The van der Waals surface area contributed by atoms with Gasteiger partial charge in [-0.05, 0) is 44.5 Å². The summed E-state index contributed by atoms with van der Waals surface area (Å²) >= 11 is 8.49. The van der Waals surface area contributed by atoms with E-state index in [2.05, 4.69) is 20.5 Å². The smallest absolute Gasteiger partial charge is 0.265 e. The summed E-state index contributed by atoms with van der Waals surface area (Å²) in [6, 6.07) is 5.46. The zero-order valence-corrected chi connectivity index (χ0v) is 21.4. The van der Waals surface area contributed by atoms with E-state index >= 15 is 0 Å². The van der Waals surface area contributed by atoms with E-state index in [4.69, 9.17) is 16.3 Å². The highest BCUT2D eigenvalue weighted by Gasteiger charge is 2.19. The molecule has 0 radical (unpaired) electrons. The number of nitrogens with one attached hydrogen (secondary N) is 1. The number of rotatable bonds is 9. The number of hydrogen-bond donors (Lipinski definition) is 1. The maximum atomic E-state index is 12.4. The molecule has 0 spiro atoms. The van der Waals surface area contributed by atoms with Crippen molar-refractivity contribution < 1.29 is 14.3 Å². The highest BCUT2D eigenvalue weighted by molar-refractivity contribution is 7.99. The van der Waals surface area contributed by atoms with E-state index < -0.39 is 0 Å². The van der Waals surface area contributed by atoms with Crippen LogP contribution >= 0.6 is 34.7 Å². The summed E-state index contributed by atoms with van der Waals surface area (Å²) in [5.41, 5.74) is 1.52. The molecule has 0 saturated heterocycles. The summed E-state index contributed by atoms with van der Waals surface area (Å²) in [6.45, 7) is 6.52. The van der Waals surface area contributed by atoms with Crippen LogP contribution in [-0.4, -0.2) is 56.3 Å². The van der Waals surface area contributed by atoms with Gasteiger partial charge in [0.15, 0.2) is 16.1 Å². The minimum Gasteiger partial charge on any atom is -0.486 e. The van der Waals surface area contributed by atoms with Crippen LogP contribution in [0.1, 0.15) is 33.7 Å². The molecule has 0 aliphatic heterocycles. The van der Waals surface area contributed by atoms with Crippen molar-refractivity contribution in [2.45, 2.75) is 39.1 Å². The Morgan fingerprint density at radius 1 is 1.27 bits per heavy atom. The summed E-state index contributed by atoms with van der Waals surface area (Å²) in [7, 11) is 3.35. The Labute approximate surface area is 205 Å². The van der Waals surface area contributed by atoms with Gasteiger partial charge in [-0.25, -0.2) is 4.98 Å². The number of thiazole rings is 1. The van der Waals surface area contributed by atoms with Gasteiger partial charge >= 0.3 is 0 Å². The second kappa shape index (κ2) is 11.0. The highest BCUT2D eigenvalue weighted by Crippen LogP contribution is 2.25. The average molecular weight is 509 g/mol. The molecule has 0 aliphatic rings. The van der Waals surface area contributed by atoms with E-state index in [-0.39, 0.29) is 24.2 Å². The maximum Gasteiger partial charge on any atom is 0.265 e. The number of amides is 2.